The third kappa shape index (κ3) is 4.89. The summed E-state index contributed by atoms with van der Waals surface area (Å²) in [6.45, 7) is 5.92. The van der Waals surface area contributed by atoms with Crippen LogP contribution in [-0.4, -0.2) is 30.2 Å². The van der Waals surface area contributed by atoms with Crippen molar-refractivity contribution in [2.24, 2.45) is 5.41 Å². The van der Waals surface area contributed by atoms with Gasteiger partial charge in [0.1, 0.15) is 11.8 Å². The summed E-state index contributed by atoms with van der Waals surface area (Å²) in [6.07, 6.45) is -0.317. The number of alkyl halides is 3. The largest absolute Gasteiger partial charge is 0.493 e. The highest BCUT2D eigenvalue weighted by Gasteiger charge is 2.51. The smallest absolute Gasteiger partial charge is 0.409 e. The minimum absolute atomic E-state index is 0.0242. The van der Waals surface area contributed by atoms with Gasteiger partial charge in [0.25, 0.3) is 0 Å². The number of hydrogen-bond donors (Lipinski definition) is 1. The average molecular weight is 422 g/mol. The molecule has 2 aromatic carbocycles. The molecule has 1 aliphatic heterocycles. The Morgan fingerprint density at radius 3 is 2.57 bits per heavy atom. The zero-order valence-corrected chi connectivity index (χ0v) is 17.7. The van der Waals surface area contributed by atoms with Crippen LogP contribution < -0.4 is 10.2 Å². The maximum Gasteiger partial charge on any atom is 0.409 e. The molecule has 1 atom stereocenters. The Morgan fingerprint density at radius 1 is 1.17 bits per heavy atom. The fraction of sp³-hybridized carbons (Fsp3) is 0.522. The average Bonchev–Trinajstić information content (AvgIpc) is 2.92. The number of benzene rings is 2. The Kier molecular flexibility index (Phi) is 6.60. The fourth-order valence-corrected chi connectivity index (χ4v) is 3.79. The van der Waals surface area contributed by atoms with Crippen molar-refractivity contribution < 1.29 is 22.7 Å². The zero-order chi connectivity index (χ0) is 21.9. The van der Waals surface area contributed by atoms with Gasteiger partial charge in [0.05, 0.1) is 12.0 Å². The molecule has 164 valence electrons. The predicted molar refractivity (Wildman–Crippen MR) is 111 cm³/mol. The molecule has 0 bridgehead atoms. The summed E-state index contributed by atoms with van der Waals surface area (Å²) in [6, 6.07) is 8.24. The van der Waals surface area contributed by atoms with Gasteiger partial charge >= 0.3 is 6.18 Å². The molecular formula is C23H29F3N2O2. The third-order valence-electron chi connectivity index (χ3n) is 5.48. The van der Waals surface area contributed by atoms with E-state index in [9.17, 15) is 18.0 Å². The number of rotatable bonds is 8. The molecule has 7 heteroatoms. The van der Waals surface area contributed by atoms with Crippen LogP contribution in [-0.2, 0) is 4.79 Å². The highest BCUT2D eigenvalue weighted by molar-refractivity contribution is 5.89. The first-order valence-corrected chi connectivity index (χ1v) is 10.4. The van der Waals surface area contributed by atoms with Crippen LogP contribution >= 0.6 is 0 Å². The maximum atomic E-state index is 14.0. The molecule has 4 nitrogen and oxygen atoms in total. The molecule has 3 rings (SSSR count). The number of ether oxygens (including phenoxy) is 1. The molecule has 2 aromatic rings. The monoisotopic (exact) mass is 422 g/mol. The first kappa shape index (κ1) is 22.4. The first-order valence-electron chi connectivity index (χ1n) is 10.4. The van der Waals surface area contributed by atoms with Gasteiger partial charge in [-0.3, -0.25) is 10.2 Å². The number of carbonyl (C=O) groups is 1. The summed E-state index contributed by atoms with van der Waals surface area (Å²) in [5.74, 6) is 0.172. The highest BCUT2D eigenvalue weighted by atomic mass is 19.4. The highest BCUT2D eigenvalue weighted by Crippen LogP contribution is 2.42. The van der Waals surface area contributed by atoms with Gasteiger partial charge in [0.2, 0.25) is 5.91 Å². The van der Waals surface area contributed by atoms with Crippen LogP contribution in [0.3, 0.4) is 0 Å². The lowest BCUT2D eigenvalue weighted by Crippen LogP contribution is -2.43. The fourth-order valence-electron chi connectivity index (χ4n) is 3.79. The van der Waals surface area contributed by atoms with Gasteiger partial charge in [0.15, 0.2) is 0 Å². The van der Waals surface area contributed by atoms with E-state index in [2.05, 4.69) is 12.3 Å². The van der Waals surface area contributed by atoms with E-state index < -0.39 is 23.5 Å². The van der Waals surface area contributed by atoms with E-state index in [4.69, 9.17) is 4.74 Å². The van der Waals surface area contributed by atoms with Crippen LogP contribution in [0, 0.1) is 5.41 Å². The molecule has 1 N–H and O–H groups in total. The number of halogens is 3. The minimum atomic E-state index is -4.54. The molecule has 0 radical (unpaired) electrons. The molecular weight excluding hydrogens is 393 g/mol. The Hall–Kier alpha value is -2.28. The number of carbonyl (C=O) groups excluding carboxylic acids is 1. The van der Waals surface area contributed by atoms with Crippen LogP contribution in [0.4, 0.5) is 13.2 Å². The first-order chi connectivity index (χ1) is 14.1. The standard InChI is InChI=1S/C23H29F3N2O2/c1-4-5-6-7-13-30-19-10-8-9-16-11-12-17(14-18(16)19)20(23(24,25)26)28-15-22(2,3)21(29)27-28/h8-12,14,20H,4-7,13,15H2,1-3H3,(H,27,29)/t20-/m0/s1. The van der Waals surface area contributed by atoms with Crippen molar-refractivity contribution in [1.29, 1.82) is 0 Å². The molecule has 1 amide bonds. The normalized spacial score (nSPS) is 17.9. The van der Waals surface area contributed by atoms with E-state index in [0.29, 0.717) is 17.7 Å². The third-order valence-corrected chi connectivity index (χ3v) is 5.48. The molecule has 0 aromatic heterocycles. The summed E-state index contributed by atoms with van der Waals surface area (Å²) in [5, 5.41) is 2.46. The predicted octanol–water partition coefficient (Wildman–Crippen LogP) is 5.78. The maximum absolute atomic E-state index is 14.0. The van der Waals surface area contributed by atoms with E-state index in [0.717, 1.165) is 36.1 Å². The van der Waals surface area contributed by atoms with Crippen molar-refractivity contribution in [3.8, 4) is 5.75 Å². The molecule has 1 saturated heterocycles. The number of fused-ring (bicyclic) bond motifs is 1. The van der Waals surface area contributed by atoms with Crippen molar-refractivity contribution in [3.63, 3.8) is 0 Å². The topological polar surface area (TPSA) is 41.6 Å². The molecule has 1 aliphatic rings. The Morgan fingerprint density at radius 2 is 1.93 bits per heavy atom. The molecule has 0 spiro atoms. The van der Waals surface area contributed by atoms with Crippen molar-refractivity contribution in [1.82, 2.24) is 10.4 Å². The SMILES string of the molecule is CCCCCCOc1cccc2ccc([C@H](N3CC(C)(C)C(=O)N3)C(F)(F)F)cc12. The lowest BCUT2D eigenvalue weighted by atomic mass is 9.93. The number of amides is 1. The van der Waals surface area contributed by atoms with Crippen LogP contribution in [0.25, 0.3) is 10.8 Å². The summed E-state index contributed by atoms with van der Waals surface area (Å²) in [5.41, 5.74) is 1.61. The van der Waals surface area contributed by atoms with Gasteiger partial charge in [-0.05, 0) is 43.4 Å². The number of hydrazine groups is 1. The second-order valence-electron chi connectivity index (χ2n) is 8.54. The molecule has 0 unspecified atom stereocenters. The quantitative estimate of drug-likeness (QED) is 0.549. The Bertz CT molecular complexity index is 896. The summed E-state index contributed by atoms with van der Waals surface area (Å²) < 4.78 is 48.0. The van der Waals surface area contributed by atoms with Crippen LogP contribution in [0.5, 0.6) is 5.75 Å². The minimum Gasteiger partial charge on any atom is -0.493 e. The van der Waals surface area contributed by atoms with E-state index in [1.165, 1.54) is 12.1 Å². The Labute approximate surface area is 175 Å². The van der Waals surface area contributed by atoms with Gasteiger partial charge < -0.3 is 4.74 Å². The lowest BCUT2D eigenvalue weighted by Gasteiger charge is -2.30. The number of nitrogens with zero attached hydrogens (tertiary/aromatic N) is 1. The number of nitrogens with one attached hydrogen (secondary N) is 1. The summed E-state index contributed by atoms with van der Waals surface area (Å²) in [4.78, 5) is 12.1. The molecule has 30 heavy (non-hydrogen) atoms. The zero-order valence-electron chi connectivity index (χ0n) is 17.7. The van der Waals surface area contributed by atoms with Gasteiger partial charge in [-0.25, -0.2) is 5.01 Å². The van der Waals surface area contributed by atoms with Crippen LogP contribution in [0.2, 0.25) is 0 Å². The van der Waals surface area contributed by atoms with Crippen molar-refractivity contribution in [2.75, 3.05) is 13.2 Å². The molecule has 1 heterocycles. The molecule has 0 saturated carbocycles. The van der Waals surface area contributed by atoms with Crippen molar-refractivity contribution in [2.45, 2.75) is 58.7 Å². The van der Waals surface area contributed by atoms with Gasteiger partial charge in [-0.15, -0.1) is 0 Å². The van der Waals surface area contributed by atoms with Gasteiger partial charge in [0, 0.05) is 11.9 Å². The van der Waals surface area contributed by atoms with E-state index in [-0.39, 0.29) is 12.1 Å². The van der Waals surface area contributed by atoms with Gasteiger partial charge in [-0.1, -0.05) is 50.5 Å². The van der Waals surface area contributed by atoms with Gasteiger partial charge in [-0.2, -0.15) is 13.2 Å². The van der Waals surface area contributed by atoms with Crippen LogP contribution in [0.1, 0.15) is 58.1 Å². The summed E-state index contributed by atoms with van der Waals surface area (Å²) in [7, 11) is 0. The van der Waals surface area contributed by atoms with Crippen LogP contribution in [0.15, 0.2) is 36.4 Å². The molecule has 1 fully saturated rings. The second-order valence-corrected chi connectivity index (χ2v) is 8.54. The van der Waals surface area contributed by atoms with Crippen molar-refractivity contribution in [3.05, 3.63) is 42.0 Å². The van der Waals surface area contributed by atoms with Crippen molar-refractivity contribution >= 4 is 16.7 Å². The summed E-state index contributed by atoms with van der Waals surface area (Å²) >= 11 is 0. The van der Waals surface area contributed by atoms with E-state index in [1.807, 2.05) is 12.1 Å². The lowest BCUT2D eigenvalue weighted by molar-refractivity contribution is -0.191. The molecule has 0 aliphatic carbocycles. The van der Waals surface area contributed by atoms with E-state index >= 15 is 0 Å². The number of unbranched alkanes of at least 4 members (excludes halogenated alkanes) is 3. The Balaban J connectivity index is 1.91. The van der Waals surface area contributed by atoms with E-state index in [1.54, 1.807) is 26.0 Å². The number of hydrogen-bond acceptors (Lipinski definition) is 3. The second kappa shape index (κ2) is 8.84.